The van der Waals surface area contributed by atoms with Gasteiger partial charge in [0.25, 0.3) is 0 Å². The number of nitrogens with zero attached hydrogens (tertiary/aromatic N) is 1. The zero-order valence-electron chi connectivity index (χ0n) is 9.29. The van der Waals surface area contributed by atoms with E-state index in [4.69, 9.17) is 0 Å². The van der Waals surface area contributed by atoms with Crippen LogP contribution in [0.3, 0.4) is 0 Å². The van der Waals surface area contributed by atoms with Gasteiger partial charge < -0.3 is 9.90 Å². The van der Waals surface area contributed by atoms with Gasteiger partial charge in [0.15, 0.2) is 0 Å². The van der Waals surface area contributed by atoms with Gasteiger partial charge in [-0.05, 0) is 28.6 Å². The molecule has 2 aromatic heterocycles. The van der Waals surface area contributed by atoms with Crippen LogP contribution in [0.25, 0.3) is 21.3 Å². The Hall–Kier alpha value is -2.20. The van der Waals surface area contributed by atoms with Gasteiger partial charge in [-0.3, -0.25) is 4.98 Å². The number of fused-ring (bicyclic) bond motifs is 1. The minimum absolute atomic E-state index is 0.190. The fourth-order valence-electron chi connectivity index (χ4n) is 1.89. The molecule has 2 heterocycles. The van der Waals surface area contributed by atoms with Crippen molar-refractivity contribution in [3.05, 3.63) is 53.5 Å². The van der Waals surface area contributed by atoms with Crippen LogP contribution < -0.4 is 5.11 Å². The van der Waals surface area contributed by atoms with Crippen molar-refractivity contribution in [3.63, 3.8) is 0 Å². The van der Waals surface area contributed by atoms with Crippen molar-refractivity contribution in [2.75, 3.05) is 0 Å². The summed E-state index contributed by atoms with van der Waals surface area (Å²) in [6.45, 7) is 0. The number of carboxylic acid groups (broad SMARTS) is 1. The quantitative estimate of drug-likeness (QED) is 0.705. The minimum Gasteiger partial charge on any atom is -0.545 e. The Balaban J connectivity index is 2.14. The fourth-order valence-corrected chi connectivity index (χ4v) is 2.77. The Morgan fingerprint density at radius 1 is 1.11 bits per heavy atom. The van der Waals surface area contributed by atoms with Crippen LogP contribution in [0.4, 0.5) is 0 Å². The summed E-state index contributed by atoms with van der Waals surface area (Å²) in [5.74, 6) is -1.16. The van der Waals surface area contributed by atoms with E-state index in [0.29, 0.717) is 0 Å². The van der Waals surface area contributed by atoms with Crippen LogP contribution in [0, 0.1) is 0 Å². The number of benzene rings is 1. The third-order valence-corrected chi connectivity index (χ3v) is 3.71. The summed E-state index contributed by atoms with van der Waals surface area (Å²) in [5.41, 5.74) is 3.20. The van der Waals surface area contributed by atoms with E-state index in [1.807, 2.05) is 17.5 Å². The molecule has 88 valence electrons. The molecule has 1 aromatic carbocycles. The number of hydrogen-bond acceptors (Lipinski definition) is 4. The van der Waals surface area contributed by atoms with Crippen molar-refractivity contribution in [1.82, 2.24) is 4.98 Å². The fraction of sp³-hybridized carbons (Fsp3) is 0. The molecule has 0 aliphatic rings. The predicted octanol–water partition coefficient (Wildman–Crippen LogP) is 2.33. The van der Waals surface area contributed by atoms with Crippen LogP contribution in [-0.2, 0) is 0 Å². The maximum Gasteiger partial charge on any atom is 0.0815 e. The number of thiophene rings is 1. The van der Waals surface area contributed by atoms with Crippen LogP contribution in [-0.4, -0.2) is 11.0 Å². The van der Waals surface area contributed by atoms with Crippen molar-refractivity contribution in [3.8, 4) is 11.1 Å². The first kappa shape index (κ1) is 10.9. The van der Waals surface area contributed by atoms with E-state index in [2.05, 4.69) is 4.98 Å². The lowest BCUT2D eigenvalue weighted by Gasteiger charge is -2.05. The van der Waals surface area contributed by atoms with E-state index in [1.165, 1.54) is 0 Å². The molecule has 18 heavy (non-hydrogen) atoms. The molecule has 3 aromatic rings. The summed E-state index contributed by atoms with van der Waals surface area (Å²) in [7, 11) is 0. The van der Waals surface area contributed by atoms with Gasteiger partial charge in [-0.2, -0.15) is 0 Å². The molecule has 0 radical (unpaired) electrons. The maximum atomic E-state index is 10.7. The van der Waals surface area contributed by atoms with E-state index < -0.39 is 5.97 Å². The van der Waals surface area contributed by atoms with Gasteiger partial charge >= 0.3 is 0 Å². The standard InChI is InChI=1S/C14H9NO2S/c16-14(17)10-3-1-9(2-4-10)11-5-7-15-12-6-8-18-13(11)12/h1-8H,(H,16,17)/p-1. The highest BCUT2D eigenvalue weighted by Gasteiger charge is 2.05. The first-order valence-electron chi connectivity index (χ1n) is 5.40. The topological polar surface area (TPSA) is 53.0 Å². The normalized spacial score (nSPS) is 10.7. The second-order valence-corrected chi connectivity index (χ2v) is 4.77. The van der Waals surface area contributed by atoms with Crippen LogP contribution >= 0.6 is 11.3 Å². The molecule has 4 heteroatoms. The molecule has 0 atom stereocenters. The zero-order chi connectivity index (χ0) is 12.5. The molecule has 0 aliphatic heterocycles. The summed E-state index contributed by atoms with van der Waals surface area (Å²) in [6.07, 6.45) is 1.76. The van der Waals surface area contributed by atoms with E-state index >= 15 is 0 Å². The summed E-state index contributed by atoms with van der Waals surface area (Å²) in [5, 5.41) is 12.7. The molecule has 0 N–H and O–H groups in total. The largest absolute Gasteiger partial charge is 0.545 e. The maximum absolute atomic E-state index is 10.7. The van der Waals surface area contributed by atoms with Gasteiger partial charge in [0, 0.05) is 11.8 Å². The van der Waals surface area contributed by atoms with Gasteiger partial charge in [-0.25, -0.2) is 0 Å². The highest BCUT2D eigenvalue weighted by Crippen LogP contribution is 2.31. The lowest BCUT2D eigenvalue weighted by Crippen LogP contribution is -2.21. The summed E-state index contributed by atoms with van der Waals surface area (Å²) < 4.78 is 1.11. The van der Waals surface area contributed by atoms with Crippen molar-refractivity contribution >= 4 is 27.5 Å². The number of carbonyl (C=O) groups is 1. The van der Waals surface area contributed by atoms with Gasteiger partial charge in [0.05, 0.1) is 16.2 Å². The molecular formula is C14H8NO2S-. The molecule has 3 nitrogen and oxygen atoms in total. The van der Waals surface area contributed by atoms with Crippen molar-refractivity contribution in [1.29, 1.82) is 0 Å². The number of carbonyl (C=O) groups excluding carboxylic acids is 1. The monoisotopic (exact) mass is 254 g/mol. The molecule has 0 amide bonds. The minimum atomic E-state index is -1.16. The highest BCUT2D eigenvalue weighted by atomic mass is 32.1. The lowest BCUT2D eigenvalue weighted by molar-refractivity contribution is -0.255. The Morgan fingerprint density at radius 2 is 1.89 bits per heavy atom. The third-order valence-electron chi connectivity index (χ3n) is 2.78. The summed E-state index contributed by atoms with van der Waals surface area (Å²) >= 11 is 1.63. The zero-order valence-corrected chi connectivity index (χ0v) is 10.1. The second kappa shape index (κ2) is 4.23. The van der Waals surface area contributed by atoms with Crippen LogP contribution in [0.15, 0.2) is 48.0 Å². The first-order chi connectivity index (χ1) is 8.75. The van der Waals surface area contributed by atoms with Crippen molar-refractivity contribution < 1.29 is 9.90 Å². The van der Waals surface area contributed by atoms with Crippen molar-refractivity contribution in [2.45, 2.75) is 0 Å². The molecule has 0 aliphatic carbocycles. The number of aromatic nitrogens is 1. The van der Waals surface area contributed by atoms with Gasteiger partial charge in [-0.15, -0.1) is 11.3 Å². The number of carboxylic acids is 1. The molecule has 0 spiro atoms. The lowest BCUT2D eigenvalue weighted by atomic mass is 10.0. The molecular weight excluding hydrogens is 246 g/mol. The van der Waals surface area contributed by atoms with Crippen LogP contribution in [0.5, 0.6) is 0 Å². The summed E-state index contributed by atoms with van der Waals surface area (Å²) in [4.78, 5) is 15.0. The Bertz CT molecular complexity index is 716. The van der Waals surface area contributed by atoms with E-state index in [-0.39, 0.29) is 5.56 Å². The SMILES string of the molecule is O=C([O-])c1ccc(-c2ccnc3ccsc23)cc1. The number of hydrogen-bond donors (Lipinski definition) is 0. The van der Waals surface area contributed by atoms with Crippen LogP contribution in [0.1, 0.15) is 10.4 Å². The molecule has 0 unspecified atom stereocenters. The molecule has 0 saturated heterocycles. The van der Waals surface area contributed by atoms with Crippen molar-refractivity contribution in [2.24, 2.45) is 0 Å². The second-order valence-electron chi connectivity index (χ2n) is 3.86. The molecule has 0 bridgehead atoms. The average Bonchev–Trinajstić information content (AvgIpc) is 2.87. The average molecular weight is 254 g/mol. The molecule has 0 fully saturated rings. The number of pyridine rings is 1. The predicted molar refractivity (Wildman–Crippen MR) is 69.4 cm³/mol. The first-order valence-corrected chi connectivity index (χ1v) is 6.27. The number of aromatic carboxylic acids is 1. The van der Waals surface area contributed by atoms with Gasteiger partial charge in [0.1, 0.15) is 0 Å². The Labute approximate surface area is 107 Å². The smallest absolute Gasteiger partial charge is 0.0815 e. The van der Waals surface area contributed by atoms with Crippen LogP contribution in [0.2, 0.25) is 0 Å². The van der Waals surface area contributed by atoms with E-state index in [0.717, 1.165) is 21.3 Å². The molecule has 3 rings (SSSR count). The van der Waals surface area contributed by atoms with E-state index in [9.17, 15) is 9.90 Å². The third kappa shape index (κ3) is 1.76. The Morgan fingerprint density at radius 3 is 2.61 bits per heavy atom. The summed E-state index contributed by atoms with van der Waals surface area (Å²) in [6, 6.07) is 10.6. The van der Waals surface area contributed by atoms with Gasteiger partial charge in [-0.1, -0.05) is 24.3 Å². The number of rotatable bonds is 2. The highest BCUT2D eigenvalue weighted by molar-refractivity contribution is 7.17. The molecule has 0 saturated carbocycles. The van der Waals surface area contributed by atoms with Gasteiger partial charge in [0.2, 0.25) is 0 Å². The Kier molecular flexibility index (Phi) is 2.57. The van der Waals surface area contributed by atoms with E-state index in [1.54, 1.807) is 41.8 Å².